The fourth-order valence-corrected chi connectivity index (χ4v) is 3.14. The number of halogens is 1. The number of hydrogen-bond acceptors (Lipinski definition) is 5. The van der Waals surface area contributed by atoms with E-state index in [4.69, 9.17) is 16.3 Å². The van der Waals surface area contributed by atoms with Gasteiger partial charge in [-0.05, 0) is 13.3 Å². The summed E-state index contributed by atoms with van der Waals surface area (Å²) < 4.78 is 5.49. The van der Waals surface area contributed by atoms with Crippen molar-refractivity contribution in [2.75, 3.05) is 37.7 Å². The number of ether oxygens (including phenoxy) is 1. The van der Waals surface area contributed by atoms with Gasteiger partial charge in [0.05, 0.1) is 6.61 Å². The third kappa shape index (κ3) is 2.83. The molecule has 0 aromatic carbocycles. The van der Waals surface area contributed by atoms with Crippen LogP contribution in [0, 0.1) is 0 Å². The molecule has 1 aromatic rings. The molecule has 3 heterocycles. The van der Waals surface area contributed by atoms with E-state index in [1.165, 1.54) is 6.33 Å². The van der Waals surface area contributed by atoms with Gasteiger partial charge in [0.1, 0.15) is 17.3 Å². The van der Waals surface area contributed by atoms with E-state index in [2.05, 4.69) is 26.7 Å². The average molecular weight is 283 g/mol. The van der Waals surface area contributed by atoms with Crippen molar-refractivity contribution in [1.82, 2.24) is 14.9 Å². The summed E-state index contributed by atoms with van der Waals surface area (Å²) >= 11 is 5.93. The Morgan fingerprint density at radius 3 is 2.95 bits per heavy atom. The van der Waals surface area contributed by atoms with Gasteiger partial charge < -0.3 is 9.64 Å². The summed E-state index contributed by atoms with van der Waals surface area (Å²) in [6, 6.07) is 2.93. The summed E-state index contributed by atoms with van der Waals surface area (Å²) in [7, 11) is 0. The molecule has 0 N–H and O–H groups in total. The van der Waals surface area contributed by atoms with Crippen molar-refractivity contribution in [3.8, 4) is 0 Å². The van der Waals surface area contributed by atoms with Gasteiger partial charge in [0, 0.05) is 44.4 Å². The third-order valence-electron chi connectivity index (χ3n) is 4.00. The number of hydrogen-bond donors (Lipinski definition) is 0. The average Bonchev–Trinajstić information content (AvgIpc) is 2.92. The Balaban J connectivity index is 1.66. The molecule has 2 aliphatic heterocycles. The van der Waals surface area contributed by atoms with Gasteiger partial charge in [0.2, 0.25) is 0 Å². The summed E-state index contributed by atoms with van der Waals surface area (Å²) in [4.78, 5) is 13.1. The number of piperazine rings is 1. The van der Waals surface area contributed by atoms with Gasteiger partial charge in [0.25, 0.3) is 0 Å². The molecular formula is C13H19ClN4O. The van der Waals surface area contributed by atoms with Crippen molar-refractivity contribution in [1.29, 1.82) is 0 Å². The van der Waals surface area contributed by atoms with Gasteiger partial charge in [-0.1, -0.05) is 11.6 Å². The number of nitrogens with zero attached hydrogens (tertiary/aromatic N) is 4. The molecule has 19 heavy (non-hydrogen) atoms. The molecule has 3 rings (SSSR count). The molecule has 0 radical (unpaired) electrons. The van der Waals surface area contributed by atoms with Crippen molar-refractivity contribution in [3.05, 3.63) is 17.5 Å². The van der Waals surface area contributed by atoms with E-state index in [1.54, 1.807) is 0 Å². The van der Waals surface area contributed by atoms with Crippen molar-refractivity contribution in [2.24, 2.45) is 0 Å². The van der Waals surface area contributed by atoms with Crippen molar-refractivity contribution in [3.63, 3.8) is 0 Å². The predicted molar refractivity (Wildman–Crippen MR) is 74.6 cm³/mol. The molecule has 2 saturated heterocycles. The second kappa shape index (κ2) is 5.61. The fourth-order valence-electron chi connectivity index (χ4n) is 3.00. The van der Waals surface area contributed by atoms with Crippen LogP contribution >= 0.6 is 11.6 Å². The summed E-state index contributed by atoms with van der Waals surface area (Å²) in [5.74, 6) is 0.925. The molecule has 5 nitrogen and oxygen atoms in total. The van der Waals surface area contributed by atoms with E-state index in [1.807, 2.05) is 6.07 Å². The molecule has 2 atom stereocenters. The van der Waals surface area contributed by atoms with Gasteiger partial charge in [-0.2, -0.15) is 0 Å². The molecule has 1 aromatic heterocycles. The minimum absolute atomic E-state index is 0.504. The Morgan fingerprint density at radius 1 is 1.37 bits per heavy atom. The molecule has 104 valence electrons. The fraction of sp³-hybridized carbons (Fsp3) is 0.692. The first-order valence-corrected chi connectivity index (χ1v) is 7.18. The molecule has 2 aliphatic rings. The highest BCUT2D eigenvalue weighted by Gasteiger charge is 2.31. The first-order valence-electron chi connectivity index (χ1n) is 6.80. The lowest BCUT2D eigenvalue weighted by atomic mass is 10.1. The van der Waals surface area contributed by atoms with Gasteiger partial charge in [-0.25, -0.2) is 9.97 Å². The smallest absolute Gasteiger partial charge is 0.134 e. The molecule has 0 spiro atoms. The standard InChI is InChI=1S/C13H19ClN4O/c1-10-7-17(13-6-12(14)15-9-16-13)3-4-18(10)11-2-5-19-8-11/h6,9-11H,2-5,7-8H2,1H3/t10-,11+/m0/s1. The molecule has 6 heteroatoms. The van der Waals surface area contributed by atoms with Crippen LogP contribution in [0.15, 0.2) is 12.4 Å². The molecule has 0 saturated carbocycles. The predicted octanol–water partition coefficient (Wildman–Crippen LogP) is 1.43. The van der Waals surface area contributed by atoms with E-state index in [-0.39, 0.29) is 0 Å². The second-order valence-corrected chi connectivity index (χ2v) is 5.64. The summed E-state index contributed by atoms with van der Waals surface area (Å²) in [5.41, 5.74) is 0. The van der Waals surface area contributed by atoms with Crippen molar-refractivity contribution >= 4 is 17.4 Å². The van der Waals surface area contributed by atoms with Gasteiger partial charge in [-0.3, -0.25) is 4.90 Å². The zero-order valence-corrected chi connectivity index (χ0v) is 11.9. The van der Waals surface area contributed by atoms with E-state index >= 15 is 0 Å². The molecule has 0 amide bonds. The van der Waals surface area contributed by atoms with Gasteiger partial charge in [0.15, 0.2) is 0 Å². The second-order valence-electron chi connectivity index (χ2n) is 5.25. The topological polar surface area (TPSA) is 41.5 Å². The van der Waals surface area contributed by atoms with E-state index in [0.717, 1.165) is 45.1 Å². The molecular weight excluding hydrogens is 264 g/mol. The Hall–Kier alpha value is -0.910. The van der Waals surface area contributed by atoms with Crippen LogP contribution in [0.3, 0.4) is 0 Å². The highest BCUT2D eigenvalue weighted by molar-refractivity contribution is 6.29. The molecule has 0 aliphatic carbocycles. The van der Waals surface area contributed by atoms with Crippen LogP contribution in [0.5, 0.6) is 0 Å². The highest BCUT2D eigenvalue weighted by atomic mass is 35.5. The first kappa shape index (κ1) is 13.1. The lowest BCUT2D eigenvalue weighted by Gasteiger charge is -2.43. The number of aromatic nitrogens is 2. The SMILES string of the molecule is C[C@H]1CN(c2cc(Cl)ncn2)CCN1[C@@H]1CCOC1. The maximum atomic E-state index is 5.93. The Kier molecular flexibility index (Phi) is 3.86. The summed E-state index contributed by atoms with van der Waals surface area (Å²) in [6.45, 7) is 7.06. The Morgan fingerprint density at radius 2 is 2.26 bits per heavy atom. The lowest BCUT2D eigenvalue weighted by Crippen LogP contribution is -2.55. The van der Waals surface area contributed by atoms with Crippen LogP contribution in [0.4, 0.5) is 5.82 Å². The molecule has 0 bridgehead atoms. The largest absolute Gasteiger partial charge is 0.380 e. The van der Waals surface area contributed by atoms with Crippen molar-refractivity contribution < 1.29 is 4.74 Å². The Labute approximate surface area is 118 Å². The third-order valence-corrected chi connectivity index (χ3v) is 4.20. The Bertz CT molecular complexity index is 438. The van der Waals surface area contributed by atoms with E-state index in [0.29, 0.717) is 17.2 Å². The zero-order valence-electron chi connectivity index (χ0n) is 11.1. The molecule has 0 unspecified atom stereocenters. The minimum Gasteiger partial charge on any atom is -0.380 e. The summed E-state index contributed by atoms with van der Waals surface area (Å²) in [6.07, 6.45) is 2.68. The molecule has 2 fully saturated rings. The van der Waals surface area contributed by atoms with Crippen LogP contribution in [0.2, 0.25) is 5.15 Å². The van der Waals surface area contributed by atoms with Crippen molar-refractivity contribution in [2.45, 2.75) is 25.4 Å². The number of anilines is 1. The van der Waals surface area contributed by atoms with Crippen LogP contribution in [-0.4, -0.2) is 59.8 Å². The van der Waals surface area contributed by atoms with Crippen LogP contribution in [-0.2, 0) is 4.74 Å². The zero-order chi connectivity index (χ0) is 13.2. The van der Waals surface area contributed by atoms with Gasteiger partial charge in [-0.15, -0.1) is 0 Å². The van der Waals surface area contributed by atoms with E-state index < -0.39 is 0 Å². The van der Waals surface area contributed by atoms with Crippen LogP contribution in [0.25, 0.3) is 0 Å². The number of rotatable bonds is 2. The first-order chi connectivity index (χ1) is 9.24. The van der Waals surface area contributed by atoms with Crippen LogP contribution in [0.1, 0.15) is 13.3 Å². The maximum absolute atomic E-state index is 5.93. The van der Waals surface area contributed by atoms with E-state index in [9.17, 15) is 0 Å². The van der Waals surface area contributed by atoms with Crippen LogP contribution < -0.4 is 4.90 Å². The minimum atomic E-state index is 0.504. The quantitative estimate of drug-likeness (QED) is 0.768. The van der Waals surface area contributed by atoms with Gasteiger partial charge >= 0.3 is 0 Å². The normalized spacial score (nSPS) is 28.8. The highest BCUT2D eigenvalue weighted by Crippen LogP contribution is 2.22. The lowest BCUT2D eigenvalue weighted by molar-refractivity contribution is 0.105. The summed E-state index contributed by atoms with van der Waals surface area (Å²) in [5, 5.41) is 0.504. The maximum Gasteiger partial charge on any atom is 0.134 e. The monoisotopic (exact) mass is 282 g/mol.